The largest absolute Gasteiger partial charge is 0.467 e. The molecule has 0 aromatic heterocycles. The Bertz CT molecular complexity index is 412. The molecular weight excluding hydrogens is 260 g/mol. The van der Waals surface area contributed by atoms with E-state index in [1.165, 1.54) is 30.6 Å². The van der Waals surface area contributed by atoms with Gasteiger partial charge in [-0.25, -0.2) is 4.79 Å². The maximum Gasteiger partial charge on any atom is 0.334 e. The summed E-state index contributed by atoms with van der Waals surface area (Å²) in [7, 11) is 1.36. The van der Waals surface area contributed by atoms with Gasteiger partial charge in [0.1, 0.15) is 0 Å². The summed E-state index contributed by atoms with van der Waals surface area (Å²) in [6.07, 6.45) is 0. The van der Waals surface area contributed by atoms with E-state index in [9.17, 15) is 9.59 Å². The monoisotopic (exact) mass is 274 g/mol. The van der Waals surface area contributed by atoms with E-state index < -0.39 is 11.1 Å². The summed E-state index contributed by atoms with van der Waals surface area (Å²) in [5.41, 5.74) is -1.27. The maximum absolute atomic E-state index is 11.6. The van der Waals surface area contributed by atoms with Gasteiger partial charge in [-0.15, -0.1) is 11.8 Å². The number of esters is 1. The minimum Gasteiger partial charge on any atom is -0.467 e. The second-order valence-electron chi connectivity index (χ2n) is 4.50. The van der Waals surface area contributed by atoms with E-state index in [0.717, 1.165) is 5.04 Å². The molecule has 0 aromatic carbocycles. The van der Waals surface area contributed by atoms with Crippen LogP contribution in [0.15, 0.2) is 4.99 Å². The molecule has 2 aliphatic heterocycles. The molecule has 0 unspecified atom stereocenters. The molecule has 0 saturated carbocycles. The fourth-order valence-corrected chi connectivity index (χ4v) is 4.05. The van der Waals surface area contributed by atoms with E-state index in [4.69, 9.17) is 4.74 Å². The Morgan fingerprint density at radius 1 is 1.41 bits per heavy atom. The van der Waals surface area contributed by atoms with Gasteiger partial charge < -0.3 is 10.1 Å². The summed E-state index contributed by atoms with van der Waals surface area (Å²) in [6, 6.07) is 0. The Morgan fingerprint density at radius 3 is 2.65 bits per heavy atom. The number of thioether (sulfide) groups is 2. The van der Waals surface area contributed by atoms with Gasteiger partial charge in [0.25, 0.3) is 5.24 Å². The molecule has 1 amide bonds. The highest BCUT2D eigenvalue weighted by Gasteiger charge is 2.47. The summed E-state index contributed by atoms with van der Waals surface area (Å²) in [5.74, 6) is 0.876. The van der Waals surface area contributed by atoms with E-state index in [1.807, 2.05) is 6.92 Å². The van der Waals surface area contributed by atoms with E-state index in [0.29, 0.717) is 11.5 Å². The van der Waals surface area contributed by atoms with Crippen molar-refractivity contribution in [2.75, 3.05) is 18.6 Å². The molecule has 7 heteroatoms. The highest BCUT2D eigenvalue weighted by Crippen LogP contribution is 2.37. The number of nitrogens with one attached hydrogen (secondary N) is 1. The topological polar surface area (TPSA) is 67.8 Å². The van der Waals surface area contributed by atoms with Crippen molar-refractivity contribution >= 4 is 39.8 Å². The van der Waals surface area contributed by atoms with Crippen molar-refractivity contribution < 1.29 is 14.3 Å². The Labute approximate surface area is 108 Å². The molecule has 0 radical (unpaired) electrons. The van der Waals surface area contributed by atoms with Gasteiger partial charge in [0.2, 0.25) is 0 Å². The number of carbonyl (C=O) groups is 2. The van der Waals surface area contributed by atoms with Crippen molar-refractivity contribution in [2.45, 2.75) is 24.9 Å². The van der Waals surface area contributed by atoms with Crippen molar-refractivity contribution in [3.05, 3.63) is 0 Å². The van der Waals surface area contributed by atoms with Gasteiger partial charge in [-0.05, 0) is 13.8 Å². The highest BCUT2D eigenvalue weighted by molar-refractivity contribution is 8.16. The number of methoxy groups -OCH3 is 1. The summed E-state index contributed by atoms with van der Waals surface area (Å²) in [6.45, 7) is 3.69. The fourth-order valence-electron chi connectivity index (χ4n) is 1.73. The molecule has 0 aromatic rings. The lowest BCUT2D eigenvalue weighted by atomic mass is 10.0. The number of aliphatic imine (C=N–C) groups is 1. The standard InChI is InChI=1S/C10H14N2O3S2/c1-9(4-17-8(14)12-9)6-11-10(2,5-16-6)7(13)15-3/h4-5H2,1-3H3,(H,12,14)/t9-,10-/m0/s1. The van der Waals surface area contributed by atoms with Crippen LogP contribution in [0.3, 0.4) is 0 Å². The van der Waals surface area contributed by atoms with Crippen LogP contribution in [0.1, 0.15) is 13.8 Å². The van der Waals surface area contributed by atoms with Crippen molar-refractivity contribution in [3.8, 4) is 0 Å². The van der Waals surface area contributed by atoms with Crippen molar-refractivity contribution in [1.82, 2.24) is 5.32 Å². The van der Waals surface area contributed by atoms with Gasteiger partial charge in [0.15, 0.2) is 5.54 Å². The minimum absolute atomic E-state index is 0.0394. The van der Waals surface area contributed by atoms with Crippen LogP contribution in [0.4, 0.5) is 4.79 Å². The van der Waals surface area contributed by atoms with Crippen LogP contribution >= 0.6 is 23.5 Å². The van der Waals surface area contributed by atoms with Crippen molar-refractivity contribution in [2.24, 2.45) is 4.99 Å². The smallest absolute Gasteiger partial charge is 0.334 e. The first kappa shape index (κ1) is 12.8. The molecule has 17 heavy (non-hydrogen) atoms. The number of nitrogens with zero attached hydrogens (tertiary/aromatic N) is 1. The zero-order valence-corrected chi connectivity index (χ0v) is 11.5. The number of rotatable bonds is 2. The lowest BCUT2D eigenvalue weighted by Crippen LogP contribution is -2.46. The SMILES string of the molecule is COC(=O)[C@]1(C)CSC([C@]2(C)CSC(=O)N2)=N1. The Hall–Kier alpha value is -0.690. The van der Waals surface area contributed by atoms with Crippen LogP contribution in [-0.4, -0.2) is 45.9 Å². The molecule has 2 rings (SSSR count). The molecule has 2 heterocycles. The van der Waals surface area contributed by atoms with Crippen LogP contribution in [0.25, 0.3) is 0 Å². The third-order valence-corrected chi connectivity index (χ3v) is 5.41. The van der Waals surface area contributed by atoms with Gasteiger partial charge in [-0.2, -0.15) is 0 Å². The van der Waals surface area contributed by atoms with Gasteiger partial charge in [-0.1, -0.05) is 11.8 Å². The number of hydrogen-bond donors (Lipinski definition) is 1. The number of hydrogen-bond acceptors (Lipinski definition) is 6. The summed E-state index contributed by atoms with van der Waals surface area (Å²) < 4.78 is 4.75. The van der Waals surface area contributed by atoms with E-state index >= 15 is 0 Å². The van der Waals surface area contributed by atoms with E-state index in [-0.39, 0.29) is 11.2 Å². The zero-order chi connectivity index (χ0) is 12.7. The first-order chi connectivity index (χ1) is 7.89. The van der Waals surface area contributed by atoms with Crippen LogP contribution < -0.4 is 5.32 Å². The number of carbonyl (C=O) groups excluding carboxylic acids is 2. The maximum atomic E-state index is 11.6. The van der Waals surface area contributed by atoms with Gasteiger partial charge in [0.05, 0.1) is 17.7 Å². The van der Waals surface area contributed by atoms with Gasteiger partial charge in [-0.3, -0.25) is 9.79 Å². The molecule has 94 valence electrons. The van der Waals surface area contributed by atoms with Crippen LogP contribution in [-0.2, 0) is 9.53 Å². The Morgan fingerprint density at radius 2 is 2.12 bits per heavy atom. The molecule has 0 bridgehead atoms. The molecular formula is C10H14N2O3S2. The zero-order valence-electron chi connectivity index (χ0n) is 9.90. The molecule has 1 fully saturated rings. The predicted octanol–water partition coefficient (Wildman–Crippen LogP) is 1.28. The molecule has 1 N–H and O–H groups in total. The van der Waals surface area contributed by atoms with Crippen molar-refractivity contribution in [3.63, 3.8) is 0 Å². The van der Waals surface area contributed by atoms with Gasteiger partial charge in [0, 0.05) is 11.5 Å². The molecule has 2 atom stereocenters. The Balaban J connectivity index is 2.22. The first-order valence-corrected chi connectivity index (χ1v) is 7.13. The first-order valence-electron chi connectivity index (χ1n) is 5.16. The molecule has 5 nitrogen and oxygen atoms in total. The van der Waals surface area contributed by atoms with Crippen molar-refractivity contribution in [1.29, 1.82) is 0 Å². The predicted molar refractivity (Wildman–Crippen MR) is 69.7 cm³/mol. The van der Waals surface area contributed by atoms with E-state index in [2.05, 4.69) is 10.3 Å². The third-order valence-electron chi connectivity index (χ3n) is 2.81. The summed E-state index contributed by atoms with van der Waals surface area (Å²) in [5, 5.41) is 3.66. The second-order valence-corrected chi connectivity index (χ2v) is 6.42. The normalized spacial score (nSPS) is 36.6. The molecule has 0 aliphatic carbocycles. The van der Waals surface area contributed by atoms with E-state index in [1.54, 1.807) is 6.92 Å². The fraction of sp³-hybridized carbons (Fsp3) is 0.700. The average molecular weight is 274 g/mol. The minimum atomic E-state index is -0.824. The average Bonchev–Trinajstić information content (AvgIpc) is 2.84. The second kappa shape index (κ2) is 4.20. The quantitative estimate of drug-likeness (QED) is 0.768. The van der Waals surface area contributed by atoms with Crippen LogP contribution in [0.2, 0.25) is 0 Å². The number of ether oxygens (including phenoxy) is 1. The lowest BCUT2D eigenvalue weighted by molar-refractivity contribution is -0.145. The van der Waals surface area contributed by atoms with Crippen LogP contribution in [0, 0.1) is 0 Å². The lowest BCUT2D eigenvalue weighted by Gasteiger charge is -2.22. The summed E-state index contributed by atoms with van der Waals surface area (Å²) in [4.78, 5) is 27.3. The molecule has 2 aliphatic rings. The summed E-state index contributed by atoms with van der Waals surface area (Å²) >= 11 is 2.76. The Kier molecular flexibility index (Phi) is 3.15. The molecule has 1 saturated heterocycles. The highest BCUT2D eigenvalue weighted by atomic mass is 32.2. The van der Waals surface area contributed by atoms with Gasteiger partial charge >= 0.3 is 5.97 Å². The molecule has 0 spiro atoms. The third kappa shape index (κ3) is 2.18. The van der Waals surface area contributed by atoms with Crippen LogP contribution in [0.5, 0.6) is 0 Å². The number of amides is 1.